The SMILES string of the molecule is CCNC(COCC)C1CCCC(C)C1. The lowest BCUT2D eigenvalue weighted by molar-refractivity contribution is 0.0873. The molecule has 0 radical (unpaired) electrons. The maximum atomic E-state index is 5.57. The van der Waals surface area contributed by atoms with Crippen LogP contribution in [0.25, 0.3) is 0 Å². The summed E-state index contributed by atoms with van der Waals surface area (Å²) in [5.74, 6) is 1.74. The molecule has 0 spiro atoms. The van der Waals surface area contributed by atoms with Crippen LogP contribution in [0.15, 0.2) is 0 Å². The second kappa shape index (κ2) is 7.24. The van der Waals surface area contributed by atoms with Gasteiger partial charge in [-0.2, -0.15) is 0 Å². The summed E-state index contributed by atoms with van der Waals surface area (Å²) in [5.41, 5.74) is 0. The Morgan fingerprint density at radius 2 is 2.13 bits per heavy atom. The first kappa shape index (κ1) is 13.0. The molecule has 1 aliphatic rings. The van der Waals surface area contributed by atoms with Gasteiger partial charge in [0, 0.05) is 12.6 Å². The lowest BCUT2D eigenvalue weighted by Gasteiger charge is -2.33. The van der Waals surface area contributed by atoms with Crippen molar-refractivity contribution >= 4 is 0 Å². The maximum absolute atomic E-state index is 5.57. The predicted octanol–water partition coefficient (Wildman–Crippen LogP) is 2.83. The Bertz CT molecular complexity index is 161. The van der Waals surface area contributed by atoms with E-state index in [1.54, 1.807) is 0 Å². The quantitative estimate of drug-likeness (QED) is 0.732. The van der Waals surface area contributed by atoms with Gasteiger partial charge >= 0.3 is 0 Å². The molecular formula is C13H27NO. The van der Waals surface area contributed by atoms with Gasteiger partial charge in [-0.1, -0.05) is 26.7 Å². The highest BCUT2D eigenvalue weighted by Gasteiger charge is 2.25. The molecule has 90 valence electrons. The summed E-state index contributed by atoms with van der Waals surface area (Å²) in [6.45, 7) is 9.43. The molecule has 0 aliphatic heterocycles. The molecule has 1 fully saturated rings. The van der Waals surface area contributed by atoms with E-state index in [0.717, 1.165) is 31.6 Å². The molecule has 1 aliphatic carbocycles. The Morgan fingerprint density at radius 3 is 2.73 bits per heavy atom. The minimum absolute atomic E-state index is 0.581. The number of nitrogens with one attached hydrogen (secondary N) is 1. The van der Waals surface area contributed by atoms with E-state index in [4.69, 9.17) is 4.74 Å². The Hall–Kier alpha value is -0.0800. The zero-order valence-corrected chi connectivity index (χ0v) is 10.6. The molecule has 2 nitrogen and oxygen atoms in total. The summed E-state index contributed by atoms with van der Waals surface area (Å²) >= 11 is 0. The van der Waals surface area contributed by atoms with Crippen LogP contribution in [-0.4, -0.2) is 25.8 Å². The zero-order chi connectivity index (χ0) is 11.1. The summed E-state index contributed by atoms with van der Waals surface area (Å²) in [5, 5.41) is 3.58. The molecule has 0 aromatic heterocycles. The highest BCUT2D eigenvalue weighted by Crippen LogP contribution is 2.30. The third kappa shape index (κ3) is 4.52. The topological polar surface area (TPSA) is 21.3 Å². The van der Waals surface area contributed by atoms with Crippen molar-refractivity contribution in [3.05, 3.63) is 0 Å². The number of ether oxygens (including phenoxy) is 1. The highest BCUT2D eigenvalue weighted by molar-refractivity contribution is 4.81. The van der Waals surface area contributed by atoms with Gasteiger partial charge in [0.25, 0.3) is 0 Å². The van der Waals surface area contributed by atoms with Crippen LogP contribution in [-0.2, 0) is 4.74 Å². The standard InChI is InChI=1S/C13H27NO/c1-4-14-13(10-15-5-2)12-8-6-7-11(3)9-12/h11-14H,4-10H2,1-3H3. The molecule has 3 atom stereocenters. The van der Waals surface area contributed by atoms with Gasteiger partial charge in [-0.3, -0.25) is 0 Å². The fourth-order valence-electron chi connectivity index (χ4n) is 2.72. The first-order chi connectivity index (χ1) is 7.27. The Balaban J connectivity index is 2.38. The molecule has 0 amide bonds. The summed E-state index contributed by atoms with van der Waals surface area (Å²) in [6.07, 6.45) is 5.59. The summed E-state index contributed by atoms with van der Waals surface area (Å²) < 4.78 is 5.57. The normalized spacial score (nSPS) is 29.0. The molecular weight excluding hydrogens is 186 g/mol. The molecule has 2 heteroatoms. The van der Waals surface area contributed by atoms with E-state index in [0.29, 0.717) is 6.04 Å². The lowest BCUT2D eigenvalue weighted by atomic mass is 9.79. The fraction of sp³-hybridized carbons (Fsp3) is 1.00. The summed E-state index contributed by atoms with van der Waals surface area (Å²) in [6, 6.07) is 0.581. The van der Waals surface area contributed by atoms with Gasteiger partial charge in [0.2, 0.25) is 0 Å². The van der Waals surface area contributed by atoms with Crippen LogP contribution in [0.4, 0.5) is 0 Å². The van der Waals surface area contributed by atoms with Crippen molar-refractivity contribution in [2.75, 3.05) is 19.8 Å². The molecule has 0 aromatic rings. The van der Waals surface area contributed by atoms with Crippen LogP contribution in [0, 0.1) is 11.8 Å². The third-order valence-corrected chi connectivity index (χ3v) is 3.51. The van der Waals surface area contributed by atoms with Crippen molar-refractivity contribution in [1.82, 2.24) is 5.32 Å². The van der Waals surface area contributed by atoms with Crippen molar-refractivity contribution in [2.24, 2.45) is 11.8 Å². The lowest BCUT2D eigenvalue weighted by Crippen LogP contribution is -2.41. The van der Waals surface area contributed by atoms with Crippen molar-refractivity contribution in [3.63, 3.8) is 0 Å². The van der Waals surface area contributed by atoms with E-state index in [2.05, 4.69) is 26.1 Å². The monoisotopic (exact) mass is 213 g/mol. The van der Waals surface area contributed by atoms with Gasteiger partial charge in [0.15, 0.2) is 0 Å². The minimum atomic E-state index is 0.581. The van der Waals surface area contributed by atoms with Crippen LogP contribution < -0.4 is 5.32 Å². The van der Waals surface area contributed by atoms with Gasteiger partial charge in [0.1, 0.15) is 0 Å². The fourth-order valence-corrected chi connectivity index (χ4v) is 2.72. The second-order valence-corrected chi connectivity index (χ2v) is 4.86. The Kier molecular flexibility index (Phi) is 6.26. The van der Waals surface area contributed by atoms with E-state index >= 15 is 0 Å². The number of hydrogen-bond donors (Lipinski definition) is 1. The van der Waals surface area contributed by atoms with Gasteiger partial charge in [-0.15, -0.1) is 0 Å². The van der Waals surface area contributed by atoms with Crippen LogP contribution in [0.1, 0.15) is 46.5 Å². The molecule has 0 heterocycles. The first-order valence-corrected chi connectivity index (χ1v) is 6.59. The average molecular weight is 213 g/mol. The summed E-state index contributed by atoms with van der Waals surface area (Å²) in [7, 11) is 0. The Morgan fingerprint density at radius 1 is 1.33 bits per heavy atom. The largest absolute Gasteiger partial charge is 0.380 e. The maximum Gasteiger partial charge on any atom is 0.0622 e. The number of hydrogen-bond acceptors (Lipinski definition) is 2. The molecule has 3 unspecified atom stereocenters. The van der Waals surface area contributed by atoms with E-state index in [-0.39, 0.29) is 0 Å². The number of likely N-dealkylation sites (N-methyl/N-ethyl adjacent to an activating group) is 1. The molecule has 0 saturated heterocycles. The zero-order valence-electron chi connectivity index (χ0n) is 10.6. The van der Waals surface area contributed by atoms with Crippen LogP contribution >= 0.6 is 0 Å². The van der Waals surface area contributed by atoms with Gasteiger partial charge in [-0.25, -0.2) is 0 Å². The third-order valence-electron chi connectivity index (χ3n) is 3.51. The Labute approximate surface area is 94.8 Å². The van der Waals surface area contributed by atoms with Gasteiger partial charge in [-0.05, 0) is 38.1 Å². The molecule has 0 aromatic carbocycles. The van der Waals surface area contributed by atoms with Crippen molar-refractivity contribution in [1.29, 1.82) is 0 Å². The van der Waals surface area contributed by atoms with E-state index < -0.39 is 0 Å². The van der Waals surface area contributed by atoms with Gasteiger partial charge < -0.3 is 10.1 Å². The first-order valence-electron chi connectivity index (χ1n) is 6.59. The average Bonchev–Trinajstić information content (AvgIpc) is 2.24. The predicted molar refractivity (Wildman–Crippen MR) is 65.1 cm³/mol. The molecule has 1 rings (SSSR count). The van der Waals surface area contributed by atoms with Crippen LogP contribution in [0.5, 0.6) is 0 Å². The summed E-state index contributed by atoms with van der Waals surface area (Å²) in [4.78, 5) is 0. The number of rotatable bonds is 6. The van der Waals surface area contributed by atoms with Crippen molar-refractivity contribution in [3.8, 4) is 0 Å². The van der Waals surface area contributed by atoms with Crippen LogP contribution in [0.2, 0.25) is 0 Å². The molecule has 0 bridgehead atoms. The van der Waals surface area contributed by atoms with Crippen molar-refractivity contribution < 1.29 is 4.74 Å². The minimum Gasteiger partial charge on any atom is -0.380 e. The van der Waals surface area contributed by atoms with E-state index in [1.165, 1.54) is 25.7 Å². The molecule has 1 saturated carbocycles. The molecule has 15 heavy (non-hydrogen) atoms. The van der Waals surface area contributed by atoms with E-state index in [9.17, 15) is 0 Å². The van der Waals surface area contributed by atoms with Gasteiger partial charge in [0.05, 0.1) is 6.61 Å². The molecule has 1 N–H and O–H groups in total. The van der Waals surface area contributed by atoms with Crippen molar-refractivity contribution in [2.45, 2.75) is 52.5 Å². The van der Waals surface area contributed by atoms with E-state index in [1.807, 2.05) is 0 Å². The smallest absolute Gasteiger partial charge is 0.0622 e. The van der Waals surface area contributed by atoms with Crippen LogP contribution in [0.3, 0.4) is 0 Å². The second-order valence-electron chi connectivity index (χ2n) is 4.86. The highest BCUT2D eigenvalue weighted by atomic mass is 16.5.